The average molecular weight is 275 g/mol. The molecule has 13 heavy (non-hydrogen) atoms. The first kappa shape index (κ1) is 29.2. The second-order valence-electron chi connectivity index (χ2n) is 1.00. The van der Waals surface area contributed by atoms with Crippen LogP contribution in [0.1, 0.15) is 7.85 Å². The van der Waals surface area contributed by atoms with E-state index in [0.717, 1.165) is 6.42 Å². The van der Waals surface area contributed by atoms with Crippen molar-refractivity contribution in [1.82, 2.24) is 0 Å². The summed E-state index contributed by atoms with van der Waals surface area (Å²) in [6, 6.07) is 0. The van der Waals surface area contributed by atoms with E-state index in [-0.39, 0.29) is 52.0 Å². The molecule has 0 heterocycles. The molecule has 0 atom stereocenters. The molecular formula is C8H12MoNaO3-. The Morgan fingerprint density at radius 3 is 1.54 bits per heavy atom. The molecule has 0 N–H and O–H groups in total. The van der Waals surface area contributed by atoms with E-state index in [0.29, 0.717) is 0 Å². The van der Waals surface area contributed by atoms with Gasteiger partial charge in [-0.2, -0.15) is 6.08 Å². The Morgan fingerprint density at radius 1 is 1.08 bits per heavy atom. The van der Waals surface area contributed by atoms with Crippen molar-refractivity contribution in [3.63, 3.8) is 0 Å². The van der Waals surface area contributed by atoms with Gasteiger partial charge in [0.15, 0.2) is 0 Å². The zero-order chi connectivity index (χ0) is 9.54. The van der Waals surface area contributed by atoms with Gasteiger partial charge < -0.3 is 15.8 Å². The number of allylic oxidation sites excluding steroid dienone is 4. The van der Waals surface area contributed by atoms with Gasteiger partial charge >= 0.3 is 29.6 Å². The molecule has 0 radical (unpaired) electrons. The van der Waals surface area contributed by atoms with Crippen LogP contribution in [0, 0.1) is 6.08 Å². The van der Waals surface area contributed by atoms with Crippen molar-refractivity contribution in [1.29, 1.82) is 0 Å². The van der Waals surface area contributed by atoms with Gasteiger partial charge in [-0.25, -0.2) is 12.2 Å². The Bertz CT molecular complexity index is 108. The van der Waals surface area contributed by atoms with Gasteiger partial charge in [-0.15, -0.1) is 6.42 Å². The molecule has 0 bridgehead atoms. The van der Waals surface area contributed by atoms with Crippen molar-refractivity contribution in [3.8, 4) is 0 Å². The molecule has 0 aromatic rings. The van der Waals surface area contributed by atoms with Crippen LogP contribution in [0.5, 0.6) is 0 Å². The molecule has 1 aliphatic carbocycles. The van der Waals surface area contributed by atoms with Crippen LogP contribution in [0.2, 0.25) is 0 Å². The van der Waals surface area contributed by atoms with Gasteiger partial charge in [0, 0.05) is 21.1 Å². The number of carbonyl (C=O) groups excluding carboxylic acids is 3. The molecule has 0 unspecified atom stereocenters. The summed E-state index contributed by atoms with van der Waals surface area (Å²) in [5.74, 6) is 0. The minimum atomic E-state index is 0. The third-order valence-corrected chi connectivity index (χ3v) is 0.586. The molecule has 0 aromatic carbocycles. The van der Waals surface area contributed by atoms with E-state index in [9.17, 15) is 0 Å². The summed E-state index contributed by atoms with van der Waals surface area (Å²) >= 11 is 0. The standard InChI is InChI=1S/C5H5.3CH2O.Mo.Na.H/c1-2-4-5-3-1;3*1-2;;;/h1-3H,4H2;3*1H2;;;/q-1;;;;;+1;-1. The Morgan fingerprint density at radius 2 is 1.46 bits per heavy atom. The zero-order valence-electron chi connectivity index (χ0n) is 8.69. The summed E-state index contributed by atoms with van der Waals surface area (Å²) in [6.45, 7) is 6.00. The summed E-state index contributed by atoms with van der Waals surface area (Å²) < 4.78 is 0. The Kier molecular flexibility index (Phi) is 128. The maximum Gasteiger partial charge on any atom is 1.00 e. The molecule has 3 nitrogen and oxygen atoms in total. The van der Waals surface area contributed by atoms with E-state index in [1.165, 1.54) is 0 Å². The van der Waals surface area contributed by atoms with Crippen LogP contribution in [0.25, 0.3) is 0 Å². The quantitative estimate of drug-likeness (QED) is 0.375. The molecular weight excluding hydrogens is 263 g/mol. The van der Waals surface area contributed by atoms with Crippen LogP contribution in [-0.2, 0) is 35.4 Å². The third kappa shape index (κ3) is 47.1. The second kappa shape index (κ2) is 56.7. The average Bonchev–Trinajstić information content (AvgIpc) is 2.71. The Balaban J connectivity index is -0.0000000161. The van der Waals surface area contributed by atoms with E-state index in [2.05, 4.69) is 12.2 Å². The van der Waals surface area contributed by atoms with Crippen molar-refractivity contribution in [2.75, 3.05) is 0 Å². The summed E-state index contributed by atoms with van der Waals surface area (Å²) in [7, 11) is 0. The van der Waals surface area contributed by atoms with Gasteiger partial charge in [0.05, 0.1) is 0 Å². The van der Waals surface area contributed by atoms with Crippen molar-refractivity contribution in [2.45, 2.75) is 6.42 Å². The zero-order valence-corrected chi connectivity index (χ0v) is 11.7. The van der Waals surface area contributed by atoms with Crippen LogP contribution in [-0.4, -0.2) is 20.4 Å². The fraction of sp³-hybridized carbons (Fsp3) is 0.125. The molecule has 70 valence electrons. The van der Waals surface area contributed by atoms with Crippen LogP contribution in [0.3, 0.4) is 0 Å². The fourth-order valence-electron chi connectivity index (χ4n) is 0.340. The maximum atomic E-state index is 8.00. The Hall–Kier alpha value is 0.178. The van der Waals surface area contributed by atoms with Crippen LogP contribution in [0.15, 0.2) is 18.2 Å². The van der Waals surface area contributed by atoms with E-state index >= 15 is 0 Å². The SMILES string of the molecule is C=O.C=O.C=O.[C-]1=CC=CC1.[H-].[Mo].[Na+]. The van der Waals surface area contributed by atoms with Gasteiger partial charge in [-0.05, 0) is 0 Å². The van der Waals surface area contributed by atoms with Crippen molar-refractivity contribution in [2.24, 2.45) is 0 Å². The topological polar surface area (TPSA) is 51.2 Å². The van der Waals surface area contributed by atoms with Gasteiger partial charge in [0.25, 0.3) is 0 Å². The van der Waals surface area contributed by atoms with Gasteiger partial charge in [0.1, 0.15) is 20.4 Å². The van der Waals surface area contributed by atoms with Crippen LogP contribution in [0.4, 0.5) is 0 Å². The number of rotatable bonds is 0. The molecule has 0 saturated carbocycles. The normalized spacial score (nSPS) is 7.69. The molecule has 5 heteroatoms. The van der Waals surface area contributed by atoms with E-state index in [1.807, 2.05) is 32.5 Å². The molecule has 1 rings (SSSR count). The Labute approximate surface area is 117 Å². The molecule has 0 fully saturated rings. The maximum absolute atomic E-state index is 8.00. The van der Waals surface area contributed by atoms with E-state index < -0.39 is 0 Å². The first-order valence-corrected chi connectivity index (χ1v) is 2.58. The van der Waals surface area contributed by atoms with E-state index in [1.54, 1.807) is 0 Å². The van der Waals surface area contributed by atoms with Gasteiger partial charge in [-0.1, -0.05) is 0 Å². The third-order valence-electron chi connectivity index (χ3n) is 0.586. The smallest absolute Gasteiger partial charge is 1.00 e. The number of carbonyl (C=O) groups is 3. The molecule has 0 saturated heterocycles. The van der Waals surface area contributed by atoms with Crippen molar-refractivity contribution in [3.05, 3.63) is 24.3 Å². The molecule has 0 spiro atoms. The molecule has 0 aromatic heterocycles. The fourth-order valence-corrected chi connectivity index (χ4v) is 0.340. The monoisotopic (exact) mass is 277 g/mol. The van der Waals surface area contributed by atoms with Gasteiger partial charge in [0.2, 0.25) is 0 Å². The predicted molar refractivity (Wildman–Crippen MR) is 44.0 cm³/mol. The van der Waals surface area contributed by atoms with Crippen LogP contribution >= 0.6 is 0 Å². The summed E-state index contributed by atoms with van der Waals surface area (Å²) in [5.41, 5.74) is 0. The minimum absolute atomic E-state index is 0. The molecule has 0 amide bonds. The van der Waals surface area contributed by atoms with Gasteiger partial charge in [-0.3, -0.25) is 6.08 Å². The molecule has 0 aliphatic heterocycles. The first-order valence-electron chi connectivity index (χ1n) is 2.58. The largest absolute Gasteiger partial charge is 1.00 e. The van der Waals surface area contributed by atoms with E-state index in [4.69, 9.17) is 14.4 Å². The van der Waals surface area contributed by atoms with Crippen molar-refractivity contribution >= 4 is 20.4 Å². The minimum Gasteiger partial charge on any atom is -1.00 e. The van der Waals surface area contributed by atoms with Crippen molar-refractivity contribution < 1.29 is 66.4 Å². The number of hydrogen-bond donors (Lipinski definition) is 0. The summed E-state index contributed by atoms with van der Waals surface area (Å²) in [5, 5.41) is 0. The second-order valence-corrected chi connectivity index (χ2v) is 1.00. The first-order chi connectivity index (χ1) is 5.50. The molecule has 1 aliphatic rings. The number of hydrogen-bond acceptors (Lipinski definition) is 3. The summed E-state index contributed by atoms with van der Waals surface area (Å²) in [4.78, 5) is 24.0. The van der Waals surface area contributed by atoms with Crippen LogP contribution < -0.4 is 29.6 Å². The predicted octanol–water partition coefficient (Wildman–Crippen LogP) is -2.14. The summed E-state index contributed by atoms with van der Waals surface area (Å²) in [6.07, 6.45) is 10.0.